The smallest absolute Gasteiger partial charge is 0.151 e. The molecule has 2 aliphatic rings. The highest BCUT2D eigenvalue weighted by Gasteiger charge is 2.39. The average molecular weight is 383 g/mol. The summed E-state index contributed by atoms with van der Waals surface area (Å²) in [7, 11) is -0.965. The van der Waals surface area contributed by atoms with Gasteiger partial charge in [-0.25, -0.2) is 8.42 Å². The lowest BCUT2D eigenvalue weighted by molar-refractivity contribution is -0.0115. The fourth-order valence-corrected chi connectivity index (χ4v) is 5.07. The maximum atomic E-state index is 11.6. The highest BCUT2D eigenvalue weighted by molar-refractivity contribution is 7.91. The Morgan fingerprint density at radius 3 is 2.35 bits per heavy atom. The van der Waals surface area contributed by atoms with Crippen LogP contribution in [0.15, 0.2) is 12.1 Å². The van der Waals surface area contributed by atoms with Gasteiger partial charge in [0.2, 0.25) is 0 Å². The molecule has 26 heavy (non-hydrogen) atoms. The number of aromatic nitrogens is 2. The van der Waals surface area contributed by atoms with Crippen LogP contribution in [0.2, 0.25) is 0 Å². The van der Waals surface area contributed by atoms with Gasteiger partial charge in [-0.15, -0.1) is 5.10 Å². The molecule has 0 radical (unpaired) electrons. The van der Waals surface area contributed by atoms with Crippen LogP contribution in [-0.2, 0) is 15.3 Å². The second-order valence-electron chi connectivity index (χ2n) is 8.88. The molecular weight excluding hydrogens is 352 g/mol. The highest BCUT2D eigenvalue weighted by Crippen LogP contribution is 2.28. The maximum absolute atomic E-state index is 11.6. The third-order valence-electron chi connectivity index (χ3n) is 5.53. The number of likely N-dealkylation sites (N-methyl/N-ethyl adjacent to an activating group) is 1. The summed E-state index contributed by atoms with van der Waals surface area (Å²) in [6, 6.07) is 4.38. The van der Waals surface area contributed by atoms with Crippen LogP contribution in [0, 0.1) is 0 Å². The monoisotopic (exact) mass is 382 g/mol. The van der Waals surface area contributed by atoms with E-state index >= 15 is 0 Å². The van der Waals surface area contributed by atoms with Crippen molar-refractivity contribution in [2.45, 2.75) is 50.7 Å². The highest BCUT2D eigenvalue weighted by atomic mass is 32.2. The molecule has 1 aromatic heterocycles. The predicted octanol–water partition coefficient (Wildman–Crippen LogP) is 0.834. The van der Waals surface area contributed by atoms with Crippen molar-refractivity contribution in [2.75, 3.05) is 43.1 Å². The molecule has 0 saturated carbocycles. The zero-order valence-electron chi connectivity index (χ0n) is 16.1. The van der Waals surface area contributed by atoms with Gasteiger partial charge >= 0.3 is 0 Å². The topological polar surface area (TPSA) is 86.6 Å². The molecule has 0 aliphatic carbocycles. The summed E-state index contributed by atoms with van der Waals surface area (Å²) in [4.78, 5) is 4.32. The van der Waals surface area contributed by atoms with Gasteiger partial charge < -0.3 is 10.0 Å². The van der Waals surface area contributed by atoms with Gasteiger partial charge in [0.1, 0.15) is 0 Å². The summed E-state index contributed by atoms with van der Waals surface area (Å²) in [6.07, 6.45) is 0.658. The van der Waals surface area contributed by atoms with Crippen molar-refractivity contribution < 1.29 is 13.5 Å². The second kappa shape index (κ2) is 6.73. The van der Waals surface area contributed by atoms with E-state index in [0.717, 1.165) is 24.6 Å². The first-order chi connectivity index (χ1) is 12.0. The van der Waals surface area contributed by atoms with Crippen LogP contribution in [0.3, 0.4) is 0 Å². The summed E-state index contributed by atoms with van der Waals surface area (Å²) in [6.45, 7) is 8.55. The van der Waals surface area contributed by atoms with Crippen molar-refractivity contribution in [1.82, 2.24) is 15.1 Å². The van der Waals surface area contributed by atoms with Gasteiger partial charge in [-0.3, -0.25) is 4.90 Å². The van der Waals surface area contributed by atoms with Crippen molar-refractivity contribution >= 4 is 15.7 Å². The van der Waals surface area contributed by atoms with Crippen molar-refractivity contribution in [3.05, 3.63) is 17.8 Å². The fourth-order valence-electron chi connectivity index (χ4n) is 3.48. The molecule has 0 amide bonds. The molecule has 146 valence electrons. The van der Waals surface area contributed by atoms with E-state index in [4.69, 9.17) is 0 Å². The molecule has 0 spiro atoms. The lowest BCUT2D eigenvalue weighted by atomic mass is 9.92. The fraction of sp³-hybridized carbons (Fsp3) is 0.778. The summed E-state index contributed by atoms with van der Waals surface area (Å²) < 4.78 is 23.1. The molecule has 3 heterocycles. The molecule has 1 aromatic rings. The summed E-state index contributed by atoms with van der Waals surface area (Å²) in [5, 5.41) is 19.4. The van der Waals surface area contributed by atoms with Gasteiger partial charge in [-0.2, -0.15) is 5.10 Å². The molecule has 2 saturated heterocycles. The lowest BCUT2D eigenvalue weighted by Gasteiger charge is -2.47. The van der Waals surface area contributed by atoms with Gasteiger partial charge in [0.15, 0.2) is 15.7 Å². The van der Waals surface area contributed by atoms with Crippen LogP contribution in [0.5, 0.6) is 0 Å². The molecule has 0 aromatic carbocycles. The Bertz CT molecular complexity index is 723. The van der Waals surface area contributed by atoms with E-state index in [9.17, 15) is 13.5 Å². The largest absolute Gasteiger partial charge is 0.388 e. The first-order valence-corrected chi connectivity index (χ1v) is 11.0. The number of hydrogen-bond acceptors (Lipinski definition) is 7. The third kappa shape index (κ3) is 4.35. The Hall–Kier alpha value is -1.25. The van der Waals surface area contributed by atoms with E-state index in [1.54, 1.807) is 0 Å². The number of anilines is 1. The second-order valence-corrected chi connectivity index (χ2v) is 11.2. The number of aliphatic hydroxyl groups is 1. The lowest BCUT2D eigenvalue weighted by Crippen LogP contribution is -2.61. The zero-order valence-corrected chi connectivity index (χ0v) is 17.0. The van der Waals surface area contributed by atoms with Crippen LogP contribution in [0.4, 0.5) is 5.82 Å². The summed E-state index contributed by atoms with van der Waals surface area (Å²) >= 11 is 0. The van der Waals surface area contributed by atoms with Gasteiger partial charge in [-0.05, 0) is 32.0 Å². The Balaban J connectivity index is 1.51. The minimum Gasteiger partial charge on any atom is -0.388 e. The first kappa shape index (κ1) is 19.5. The summed E-state index contributed by atoms with van der Waals surface area (Å²) in [5.74, 6) is 1.05. The molecule has 1 N–H and O–H groups in total. The molecule has 2 fully saturated rings. The predicted molar refractivity (Wildman–Crippen MR) is 102 cm³/mol. The van der Waals surface area contributed by atoms with Crippen LogP contribution >= 0.6 is 0 Å². The Kier molecular flexibility index (Phi) is 5.05. The molecule has 7 nitrogen and oxygen atoms in total. The molecule has 8 heteroatoms. The van der Waals surface area contributed by atoms with Crippen LogP contribution in [0.25, 0.3) is 0 Å². The van der Waals surface area contributed by atoms with E-state index in [-0.39, 0.29) is 16.9 Å². The summed E-state index contributed by atoms with van der Waals surface area (Å²) in [5.41, 5.74) is 0.0748. The molecule has 2 aliphatic heterocycles. The SMILES string of the molecule is CN(CC1(O)CCS(=O)(=O)CC1)C1CN(c2ccc(C(C)(C)C)nn2)C1. The molecule has 0 unspecified atom stereocenters. The minimum atomic E-state index is -2.96. The Morgan fingerprint density at radius 1 is 1.23 bits per heavy atom. The Morgan fingerprint density at radius 2 is 1.85 bits per heavy atom. The van der Waals surface area contributed by atoms with Gasteiger partial charge in [0, 0.05) is 31.1 Å². The molecule has 0 atom stereocenters. The van der Waals surface area contributed by atoms with Crippen molar-refractivity contribution in [3.8, 4) is 0 Å². The maximum Gasteiger partial charge on any atom is 0.151 e. The third-order valence-corrected chi connectivity index (χ3v) is 7.18. The van der Waals surface area contributed by atoms with Crippen LogP contribution in [-0.4, -0.2) is 78.5 Å². The van der Waals surface area contributed by atoms with Crippen molar-refractivity contribution in [1.29, 1.82) is 0 Å². The number of sulfone groups is 1. The molecular formula is C18H30N4O3S. The van der Waals surface area contributed by atoms with E-state index in [1.807, 2.05) is 19.2 Å². The number of nitrogens with zero attached hydrogens (tertiary/aromatic N) is 4. The average Bonchev–Trinajstić information content (AvgIpc) is 2.49. The standard InChI is InChI=1S/C18H30N4O3S/c1-17(2,3)15-5-6-16(20-19-15)22-11-14(12-22)21(4)13-18(23)7-9-26(24,25)10-8-18/h5-6,14,23H,7-13H2,1-4H3. The quantitative estimate of drug-likeness (QED) is 0.825. The number of rotatable bonds is 4. The van der Waals surface area contributed by atoms with Crippen LogP contribution < -0.4 is 4.90 Å². The van der Waals surface area contributed by atoms with E-state index < -0.39 is 15.4 Å². The van der Waals surface area contributed by atoms with Crippen LogP contribution in [0.1, 0.15) is 39.3 Å². The molecule has 0 bridgehead atoms. The van der Waals surface area contributed by atoms with Gasteiger partial charge in [0.25, 0.3) is 0 Å². The molecule has 3 rings (SSSR count). The van der Waals surface area contributed by atoms with E-state index in [1.165, 1.54) is 0 Å². The van der Waals surface area contributed by atoms with Crippen molar-refractivity contribution in [3.63, 3.8) is 0 Å². The Labute approximate surface area is 156 Å². The van der Waals surface area contributed by atoms with E-state index in [0.29, 0.717) is 25.4 Å². The normalized spacial score (nSPS) is 23.1. The minimum absolute atomic E-state index is 0.00779. The van der Waals surface area contributed by atoms with E-state index in [2.05, 4.69) is 40.8 Å². The van der Waals surface area contributed by atoms with Gasteiger partial charge in [0.05, 0.1) is 22.8 Å². The van der Waals surface area contributed by atoms with Crippen molar-refractivity contribution in [2.24, 2.45) is 0 Å². The zero-order chi connectivity index (χ0) is 19.2. The number of hydrogen-bond donors (Lipinski definition) is 1. The van der Waals surface area contributed by atoms with Gasteiger partial charge in [-0.1, -0.05) is 20.8 Å². The first-order valence-electron chi connectivity index (χ1n) is 9.20.